The number of nitrogens with zero attached hydrogens (tertiary/aromatic N) is 2. The summed E-state index contributed by atoms with van der Waals surface area (Å²) in [4.78, 5) is 4.73. The maximum absolute atomic E-state index is 5.93. The predicted molar refractivity (Wildman–Crippen MR) is 93.2 cm³/mol. The highest BCUT2D eigenvalue weighted by Crippen LogP contribution is 2.30. The zero-order valence-corrected chi connectivity index (χ0v) is 13.3. The average Bonchev–Trinajstić information content (AvgIpc) is 3.02. The van der Waals surface area contributed by atoms with Crippen molar-refractivity contribution < 1.29 is 4.74 Å². The van der Waals surface area contributed by atoms with Crippen LogP contribution in [-0.4, -0.2) is 17.6 Å². The lowest BCUT2D eigenvalue weighted by atomic mass is 9.92. The number of benzene rings is 2. The van der Waals surface area contributed by atoms with Crippen molar-refractivity contribution in [1.29, 1.82) is 0 Å². The number of hydrogen-bond acceptors (Lipinski definition) is 3. The minimum atomic E-state index is 0.605. The van der Waals surface area contributed by atoms with Gasteiger partial charge in [-0.1, -0.05) is 36.4 Å². The molecule has 3 nitrogen and oxygen atoms in total. The van der Waals surface area contributed by atoms with Gasteiger partial charge in [-0.15, -0.1) is 0 Å². The van der Waals surface area contributed by atoms with Gasteiger partial charge in [0.05, 0.1) is 6.67 Å². The topological polar surface area (TPSA) is 15.7 Å². The van der Waals surface area contributed by atoms with Crippen LogP contribution in [0, 0.1) is 0 Å². The molecule has 3 heteroatoms. The van der Waals surface area contributed by atoms with Crippen LogP contribution in [0.5, 0.6) is 5.75 Å². The van der Waals surface area contributed by atoms with Crippen molar-refractivity contribution in [2.24, 2.45) is 0 Å². The minimum Gasteiger partial charge on any atom is -0.489 e. The van der Waals surface area contributed by atoms with E-state index in [1.807, 2.05) is 24.3 Å². The summed E-state index contributed by atoms with van der Waals surface area (Å²) in [6.45, 7) is 1.56. The van der Waals surface area contributed by atoms with Crippen LogP contribution in [0.25, 0.3) is 0 Å². The lowest BCUT2D eigenvalue weighted by molar-refractivity contribution is 0.197. The van der Waals surface area contributed by atoms with Crippen molar-refractivity contribution in [2.45, 2.75) is 31.9 Å². The summed E-state index contributed by atoms with van der Waals surface area (Å²) in [6, 6.07) is 19.4. The van der Waals surface area contributed by atoms with E-state index in [0.29, 0.717) is 6.61 Å². The Morgan fingerprint density at radius 2 is 1.83 bits per heavy atom. The Bertz CT molecular complexity index is 679. The van der Waals surface area contributed by atoms with E-state index in [0.717, 1.165) is 18.5 Å². The highest BCUT2D eigenvalue weighted by molar-refractivity contribution is 5.53. The Morgan fingerprint density at radius 1 is 0.957 bits per heavy atom. The molecule has 0 radical (unpaired) electrons. The Balaban J connectivity index is 1.39. The summed E-state index contributed by atoms with van der Waals surface area (Å²) in [5, 5.41) is 0. The molecule has 0 N–H and O–H groups in total. The van der Waals surface area contributed by atoms with Gasteiger partial charge in [-0.05, 0) is 37.0 Å². The lowest BCUT2D eigenvalue weighted by Gasteiger charge is -2.35. The summed E-state index contributed by atoms with van der Waals surface area (Å²) < 4.78 is 5.93. The van der Waals surface area contributed by atoms with Gasteiger partial charge in [0.15, 0.2) is 0 Å². The largest absolute Gasteiger partial charge is 0.489 e. The molecule has 1 fully saturated rings. The van der Waals surface area contributed by atoms with Crippen molar-refractivity contribution in [1.82, 2.24) is 4.90 Å². The van der Waals surface area contributed by atoms with Crippen LogP contribution < -0.4 is 9.64 Å². The van der Waals surface area contributed by atoms with E-state index in [4.69, 9.17) is 4.74 Å². The number of ether oxygens (including phenoxy) is 1. The molecule has 2 aromatic carbocycles. The smallest absolute Gasteiger partial charge is 0.121 e. The van der Waals surface area contributed by atoms with Crippen molar-refractivity contribution in [3.8, 4) is 5.75 Å². The summed E-state index contributed by atoms with van der Waals surface area (Å²) in [7, 11) is 0. The van der Waals surface area contributed by atoms with Crippen LogP contribution in [0.2, 0.25) is 0 Å². The molecule has 2 aromatic rings. The van der Waals surface area contributed by atoms with Crippen LogP contribution in [0.4, 0.5) is 5.69 Å². The van der Waals surface area contributed by atoms with Crippen molar-refractivity contribution in [3.63, 3.8) is 0 Å². The molecule has 4 rings (SSSR count). The Labute approximate surface area is 137 Å². The average molecular weight is 306 g/mol. The molecule has 2 aliphatic rings. The summed E-state index contributed by atoms with van der Waals surface area (Å²) in [6.07, 6.45) is 8.44. The monoisotopic (exact) mass is 306 g/mol. The first kappa shape index (κ1) is 14.2. The summed E-state index contributed by atoms with van der Waals surface area (Å²) in [5.74, 6) is 0.918. The second-order valence-corrected chi connectivity index (χ2v) is 6.28. The first-order chi connectivity index (χ1) is 11.4. The normalized spacial score (nSPS) is 17.4. The van der Waals surface area contributed by atoms with Crippen LogP contribution in [0.15, 0.2) is 67.0 Å². The van der Waals surface area contributed by atoms with Gasteiger partial charge in [0.2, 0.25) is 0 Å². The molecule has 1 heterocycles. The summed E-state index contributed by atoms with van der Waals surface area (Å²) in [5.41, 5.74) is 2.38. The highest BCUT2D eigenvalue weighted by atomic mass is 16.5. The van der Waals surface area contributed by atoms with Gasteiger partial charge in [0.1, 0.15) is 12.4 Å². The van der Waals surface area contributed by atoms with E-state index in [2.05, 4.69) is 52.5 Å². The zero-order valence-electron chi connectivity index (χ0n) is 13.3. The third kappa shape index (κ3) is 3.19. The Kier molecular flexibility index (Phi) is 3.93. The SMILES string of the molecule is C1=CN(C2CCC2)CN1c1cccc(OCc2ccccc2)c1. The molecular weight excluding hydrogens is 284 g/mol. The maximum atomic E-state index is 5.93. The summed E-state index contributed by atoms with van der Waals surface area (Å²) >= 11 is 0. The molecule has 1 saturated carbocycles. The number of rotatable bonds is 5. The molecule has 1 aliphatic carbocycles. The quantitative estimate of drug-likeness (QED) is 0.816. The first-order valence-corrected chi connectivity index (χ1v) is 8.36. The molecule has 0 aromatic heterocycles. The van der Waals surface area contributed by atoms with Gasteiger partial charge in [0, 0.05) is 30.2 Å². The minimum absolute atomic E-state index is 0.605. The molecular formula is C20H22N2O. The molecule has 1 aliphatic heterocycles. The zero-order chi connectivity index (χ0) is 15.5. The maximum Gasteiger partial charge on any atom is 0.121 e. The molecule has 0 atom stereocenters. The van der Waals surface area contributed by atoms with E-state index in [1.165, 1.54) is 30.5 Å². The molecule has 0 amide bonds. The van der Waals surface area contributed by atoms with Gasteiger partial charge in [-0.3, -0.25) is 0 Å². The van der Waals surface area contributed by atoms with E-state index in [1.54, 1.807) is 0 Å². The van der Waals surface area contributed by atoms with Crippen molar-refractivity contribution >= 4 is 5.69 Å². The van der Waals surface area contributed by atoms with E-state index in [-0.39, 0.29) is 0 Å². The van der Waals surface area contributed by atoms with Gasteiger partial charge in [-0.2, -0.15) is 0 Å². The third-order valence-corrected chi connectivity index (χ3v) is 4.70. The predicted octanol–water partition coefficient (Wildman–Crippen LogP) is 4.37. The third-order valence-electron chi connectivity index (χ3n) is 4.70. The fourth-order valence-electron chi connectivity index (χ4n) is 3.05. The molecule has 0 bridgehead atoms. The number of anilines is 1. The lowest BCUT2D eigenvalue weighted by Crippen LogP contribution is -2.38. The Hall–Kier alpha value is -2.42. The fraction of sp³-hybridized carbons (Fsp3) is 0.300. The second kappa shape index (κ2) is 6.37. The first-order valence-electron chi connectivity index (χ1n) is 8.36. The van der Waals surface area contributed by atoms with Gasteiger partial charge >= 0.3 is 0 Å². The van der Waals surface area contributed by atoms with Crippen LogP contribution >= 0.6 is 0 Å². The Morgan fingerprint density at radius 3 is 2.61 bits per heavy atom. The molecule has 23 heavy (non-hydrogen) atoms. The van der Waals surface area contributed by atoms with E-state index in [9.17, 15) is 0 Å². The standard InChI is InChI=1S/C20H22N2O/c1-2-6-17(7-3-1)15-23-20-11-5-10-19(14-20)22-13-12-21(16-22)18-8-4-9-18/h1-3,5-7,10-14,18H,4,8-9,15-16H2. The van der Waals surface area contributed by atoms with Gasteiger partial charge < -0.3 is 14.5 Å². The highest BCUT2D eigenvalue weighted by Gasteiger charge is 2.26. The number of hydrogen-bond donors (Lipinski definition) is 0. The van der Waals surface area contributed by atoms with Crippen LogP contribution in [-0.2, 0) is 6.61 Å². The molecule has 0 spiro atoms. The van der Waals surface area contributed by atoms with Crippen LogP contribution in [0.1, 0.15) is 24.8 Å². The van der Waals surface area contributed by atoms with Gasteiger partial charge in [-0.25, -0.2) is 0 Å². The molecule has 0 unspecified atom stereocenters. The van der Waals surface area contributed by atoms with Crippen LogP contribution in [0.3, 0.4) is 0 Å². The van der Waals surface area contributed by atoms with Gasteiger partial charge in [0.25, 0.3) is 0 Å². The van der Waals surface area contributed by atoms with Crippen molar-refractivity contribution in [3.05, 3.63) is 72.6 Å². The fourth-order valence-corrected chi connectivity index (χ4v) is 3.05. The van der Waals surface area contributed by atoms with E-state index >= 15 is 0 Å². The van der Waals surface area contributed by atoms with Crippen molar-refractivity contribution in [2.75, 3.05) is 11.6 Å². The molecule has 0 saturated heterocycles. The second-order valence-electron chi connectivity index (χ2n) is 6.28. The molecule has 118 valence electrons. The van der Waals surface area contributed by atoms with E-state index < -0.39 is 0 Å².